The lowest BCUT2D eigenvalue weighted by Crippen LogP contribution is -2.58. The van der Waals surface area contributed by atoms with E-state index in [1.807, 2.05) is 0 Å². The van der Waals surface area contributed by atoms with Gasteiger partial charge >= 0.3 is 0 Å². The van der Waals surface area contributed by atoms with Crippen LogP contribution in [0, 0.1) is 19.7 Å². The van der Waals surface area contributed by atoms with Crippen LogP contribution in [-0.2, 0) is 14.3 Å². The van der Waals surface area contributed by atoms with E-state index >= 15 is 0 Å². The van der Waals surface area contributed by atoms with Crippen LogP contribution in [0.1, 0.15) is 32.9 Å². The second-order valence-electron chi connectivity index (χ2n) is 8.20. The molecule has 1 aromatic heterocycles. The Morgan fingerprint density at radius 1 is 1.36 bits per heavy atom. The molecule has 3 amide bonds. The van der Waals surface area contributed by atoms with Gasteiger partial charge in [-0.25, -0.2) is 4.39 Å². The molecule has 9 nitrogen and oxygen atoms in total. The largest absolute Gasteiger partial charge is 0.389 e. The lowest BCUT2D eigenvalue weighted by molar-refractivity contribution is -0.151. The van der Waals surface area contributed by atoms with Crippen molar-refractivity contribution in [2.24, 2.45) is 0 Å². The highest BCUT2D eigenvalue weighted by Crippen LogP contribution is 2.34. The lowest BCUT2D eigenvalue weighted by atomic mass is 10.0. The lowest BCUT2D eigenvalue weighted by Gasteiger charge is -2.37. The molecule has 10 heteroatoms. The van der Waals surface area contributed by atoms with Crippen molar-refractivity contribution in [3.05, 3.63) is 52.1 Å². The van der Waals surface area contributed by atoms with Crippen molar-refractivity contribution < 1.29 is 28.6 Å². The molecule has 2 aromatic rings. The third-order valence-electron chi connectivity index (χ3n) is 5.94. The predicted molar refractivity (Wildman–Crippen MR) is 119 cm³/mol. The minimum Gasteiger partial charge on any atom is -0.389 e. The molecule has 4 N–H and O–H groups in total. The number of rotatable bonds is 6. The Morgan fingerprint density at radius 2 is 2.09 bits per heavy atom. The van der Waals surface area contributed by atoms with Crippen molar-refractivity contribution in [1.29, 1.82) is 0 Å². The zero-order chi connectivity index (χ0) is 23.9. The Bertz CT molecular complexity index is 1170. The molecule has 1 fully saturated rings. The van der Waals surface area contributed by atoms with Crippen LogP contribution in [0.5, 0.6) is 0 Å². The predicted octanol–water partition coefficient (Wildman–Crippen LogP) is 1.21. The molecule has 0 bridgehead atoms. The Morgan fingerprint density at radius 3 is 2.76 bits per heavy atom. The van der Waals surface area contributed by atoms with Crippen LogP contribution < -0.4 is 10.6 Å². The third kappa shape index (κ3) is 4.27. The molecule has 3 heterocycles. The number of fused-ring (bicyclic) bond motifs is 1. The quantitative estimate of drug-likeness (QED) is 0.487. The molecule has 0 radical (unpaired) electrons. The van der Waals surface area contributed by atoms with Crippen LogP contribution in [-0.4, -0.2) is 71.7 Å². The van der Waals surface area contributed by atoms with Crippen LogP contribution in [0.4, 0.5) is 10.1 Å². The van der Waals surface area contributed by atoms with Crippen molar-refractivity contribution >= 4 is 35.1 Å². The molecule has 1 atom stereocenters. The first-order valence-electron chi connectivity index (χ1n) is 10.5. The molecule has 0 aliphatic carbocycles. The topological polar surface area (TPSA) is 124 Å². The van der Waals surface area contributed by atoms with Gasteiger partial charge in [0.15, 0.2) is 6.10 Å². The van der Waals surface area contributed by atoms with E-state index < -0.39 is 23.9 Å². The van der Waals surface area contributed by atoms with Gasteiger partial charge in [0.2, 0.25) is 0 Å². The van der Waals surface area contributed by atoms with Gasteiger partial charge in [0.05, 0.1) is 23.8 Å². The number of ether oxygens (including phenoxy) is 1. The van der Waals surface area contributed by atoms with E-state index in [4.69, 9.17) is 4.74 Å². The highest BCUT2D eigenvalue weighted by molar-refractivity contribution is 6.34. The average Bonchev–Trinajstić information content (AvgIpc) is 3.20. The number of aryl methyl sites for hydroxylation is 1. The number of β-amino-alcohol motifs (C(OH)–C–C–N with tert-alkyl or cyclic N) is 1. The van der Waals surface area contributed by atoms with E-state index in [2.05, 4.69) is 15.6 Å². The van der Waals surface area contributed by atoms with Gasteiger partial charge in [-0.05, 0) is 43.7 Å². The highest BCUT2D eigenvalue weighted by Gasteiger charge is 2.34. The van der Waals surface area contributed by atoms with Crippen molar-refractivity contribution in [2.75, 3.05) is 32.1 Å². The summed E-state index contributed by atoms with van der Waals surface area (Å²) in [6.45, 7) is 3.94. The smallest absolute Gasteiger partial charge is 0.256 e. The van der Waals surface area contributed by atoms with Crippen LogP contribution in [0.2, 0.25) is 0 Å². The summed E-state index contributed by atoms with van der Waals surface area (Å²) in [5.74, 6) is -1.50. The molecule has 2 aliphatic rings. The second-order valence-corrected chi connectivity index (χ2v) is 8.20. The van der Waals surface area contributed by atoms with E-state index in [0.717, 1.165) is 0 Å². The van der Waals surface area contributed by atoms with Crippen LogP contribution in [0.15, 0.2) is 18.2 Å². The molecule has 1 aromatic carbocycles. The molecular formula is C23H25FN4O5. The number of nitrogens with zero attached hydrogens (tertiary/aromatic N) is 1. The number of carbonyl (C=O) groups is 3. The van der Waals surface area contributed by atoms with Gasteiger partial charge in [0.25, 0.3) is 17.7 Å². The van der Waals surface area contributed by atoms with Crippen molar-refractivity contribution in [3.8, 4) is 0 Å². The molecule has 0 saturated carbocycles. The van der Waals surface area contributed by atoms with Gasteiger partial charge in [-0.15, -0.1) is 0 Å². The summed E-state index contributed by atoms with van der Waals surface area (Å²) < 4.78 is 18.9. The van der Waals surface area contributed by atoms with Gasteiger partial charge < -0.3 is 30.4 Å². The van der Waals surface area contributed by atoms with Gasteiger partial charge in [-0.2, -0.15) is 0 Å². The van der Waals surface area contributed by atoms with Crippen LogP contribution in [0.25, 0.3) is 11.6 Å². The standard InChI is InChI=1S/C23H25FN4O5/c1-11-18(7-16-15-6-13(24)4-5-17(15)27-21(16)30)26-12(2)20(11)22(31)25-8-19(33-3)23(32)28-9-14(29)10-28/h4-7,14,19,26,29H,8-10H2,1-3H3,(H,25,31)(H,27,30)/b16-7-. The third-order valence-corrected chi connectivity index (χ3v) is 5.94. The van der Waals surface area contributed by atoms with Gasteiger partial charge in [0.1, 0.15) is 5.82 Å². The number of aliphatic hydroxyl groups is 1. The van der Waals surface area contributed by atoms with Gasteiger partial charge in [-0.1, -0.05) is 0 Å². The zero-order valence-electron chi connectivity index (χ0n) is 18.5. The maximum atomic E-state index is 13.7. The number of methoxy groups -OCH3 is 1. The van der Waals surface area contributed by atoms with E-state index in [1.54, 1.807) is 19.9 Å². The average molecular weight is 456 g/mol. The van der Waals surface area contributed by atoms with Crippen molar-refractivity contribution in [3.63, 3.8) is 0 Å². The molecule has 0 spiro atoms. The molecule has 4 rings (SSSR count). The Hall–Kier alpha value is -3.50. The maximum Gasteiger partial charge on any atom is 0.256 e. The van der Waals surface area contributed by atoms with Gasteiger partial charge in [0, 0.05) is 42.8 Å². The maximum absolute atomic E-state index is 13.7. The van der Waals surface area contributed by atoms with Crippen molar-refractivity contribution in [2.45, 2.75) is 26.1 Å². The summed E-state index contributed by atoms with van der Waals surface area (Å²) in [6, 6.07) is 4.07. The molecule has 1 saturated heterocycles. The normalized spacial score (nSPS) is 17.5. The van der Waals surface area contributed by atoms with E-state index in [-0.39, 0.29) is 31.4 Å². The van der Waals surface area contributed by atoms with Gasteiger partial charge in [-0.3, -0.25) is 14.4 Å². The monoisotopic (exact) mass is 456 g/mol. The summed E-state index contributed by atoms with van der Waals surface area (Å²) in [5, 5.41) is 14.8. The summed E-state index contributed by atoms with van der Waals surface area (Å²) in [6.07, 6.45) is 0.205. The summed E-state index contributed by atoms with van der Waals surface area (Å²) >= 11 is 0. The molecule has 1 unspecified atom stereocenters. The fourth-order valence-corrected chi connectivity index (χ4v) is 4.09. The van der Waals surface area contributed by atoms with Crippen LogP contribution >= 0.6 is 0 Å². The fourth-order valence-electron chi connectivity index (χ4n) is 4.09. The first-order chi connectivity index (χ1) is 15.7. The minimum absolute atomic E-state index is 0.0314. The fraction of sp³-hybridized carbons (Fsp3) is 0.348. The number of hydrogen-bond donors (Lipinski definition) is 4. The summed E-state index contributed by atoms with van der Waals surface area (Å²) in [7, 11) is 1.38. The number of H-pyrrole nitrogens is 1. The van der Waals surface area contributed by atoms with E-state index in [9.17, 15) is 23.9 Å². The molecule has 2 aliphatic heterocycles. The Balaban J connectivity index is 1.51. The number of benzene rings is 1. The SMILES string of the molecule is COC(CNC(=O)c1c(C)[nH]c(/C=C2\C(=O)Nc3ccc(F)cc32)c1C)C(=O)N1CC(O)C1. The first kappa shape index (κ1) is 22.7. The summed E-state index contributed by atoms with van der Waals surface area (Å²) in [5.41, 5.74) is 3.41. The highest BCUT2D eigenvalue weighted by atomic mass is 19.1. The molecule has 33 heavy (non-hydrogen) atoms. The number of likely N-dealkylation sites (tertiary alicyclic amines) is 1. The number of carbonyl (C=O) groups excluding carboxylic acids is 3. The summed E-state index contributed by atoms with van der Waals surface area (Å²) in [4.78, 5) is 42.3. The molecular weight excluding hydrogens is 431 g/mol. The van der Waals surface area contributed by atoms with E-state index in [1.165, 1.54) is 30.2 Å². The first-order valence-corrected chi connectivity index (χ1v) is 10.5. The van der Waals surface area contributed by atoms with Crippen molar-refractivity contribution in [1.82, 2.24) is 15.2 Å². The number of anilines is 1. The minimum atomic E-state index is -0.865. The Kier molecular flexibility index (Phi) is 6.05. The molecule has 174 valence electrons. The Labute approximate surface area is 189 Å². The number of aromatic nitrogens is 1. The second kappa shape index (κ2) is 8.80. The van der Waals surface area contributed by atoms with E-state index in [0.29, 0.717) is 39.3 Å². The number of hydrogen-bond acceptors (Lipinski definition) is 5. The number of aromatic amines is 1. The number of aliphatic hydroxyl groups excluding tert-OH is 1. The number of halogens is 1. The van der Waals surface area contributed by atoms with Crippen LogP contribution in [0.3, 0.4) is 0 Å². The zero-order valence-corrected chi connectivity index (χ0v) is 18.5. The number of nitrogens with one attached hydrogen (secondary N) is 3. The number of amides is 3.